The predicted molar refractivity (Wildman–Crippen MR) is 60.8 cm³/mol. The fourth-order valence-corrected chi connectivity index (χ4v) is 2.56. The molecule has 1 aromatic heterocycles. The van der Waals surface area contributed by atoms with E-state index >= 15 is 0 Å². The summed E-state index contributed by atoms with van der Waals surface area (Å²) < 4.78 is 20.7. The standard InChI is InChI=1S/C9H13N2O9P.Na/c12-3-4-7(20-21(16,17)18)6(14)8(19-4)11-2-1-5(13)10-9(11)15;/h1-2,4,6-8,12,14H,3H2,(H,10,13,15)(H2,16,17,18);/q;+1/p-2. The number of hydrogen-bond donors (Lipinski definition) is 3. The third-order valence-corrected chi connectivity index (χ3v) is 3.37. The van der Waals surface area contributed by atoms with Crippen molar-refractivity contribution < 1.29 is 63.4 Å². The van der Waals surface area contributed by atoms with E-state index < -0.39 is 50.2 Å². The van der Waals surface area contributed by atoms with Crippen molar-refractivity contribution in [1.29, 1.82) is 0 Å². The second kappa shape index (κ2) is 7.49. The second-order valence-electron chi connectivity index (χ2n) is 4.27. The van der Waals surface area contributed by atoms with Crippen molar-refractivity contribution in [1.82, 2.24) is 9.55 Å². The van der Waals surface area contributed by atoms with Gasteiger partial charge in [0, 0.05) is 12.3 Å². The van der Waals surface area contributed by atoms with E-state index in [1.54, 1.807) is 0 Å². The van der Waals surface area contributed by atoms with Crippen LogP contribution in [-0.2, 0) is 13.8 Å². The average Bonchev–Trinajstić information content (AvgIpc) is 2.65. The minimum absolute atomic E-state index is 0. The summed E-state index contributed by atoms with van der Waals surface area (Å²) in [6.07, 6.45) is -5.13. The molecule has 22 heavy (non-hydrogen) atoms. The Hall–Kier alpha value is -0.330. The smallest absolute Gasteiger partial charge is 0.790 e. The Kier molecular flexibility index (Phi) is 6.72. The third kappa shape index (κ3) is 4.36. The van der Waals surface area contributed by atoms with E-state index in [0.717, 1.165) is 16.8 Å². The van der Waals surface area contributed by atoms with Crippen LogP contribution < -0.4 is 50.6 Å². The summed E-state index contributed by atoms with van der Waals surface area (Å²) in [7, 11) is -5.44. The predicted octanol–water partition coefficient (Wildman–Crippen LogP) is -6.99. The van der Waals surface area contributed by atoms with Gasteiger partial charge in [0.25, 0.3) is 5.56 Å². The summed E-state index contributed by atoms with van der Waals surface area (Å²) in [6, 6.07) is 0.978. The van der Waals surface area contributed by atoms with Gasteiger partial charge in [-0.1, -0.05) is 0 Å². The number of phosphoric acid groups is 1. The molecule has 4 unspecified atom stereocenters. The zero-order chi connectivity index (χ0) is 15.8. The van der Waals surface area contributed by atoms with E-state index in [9.17, 15) is 29.0 Å². The number of nitrogens with zero attached hydrogens (tertiary/aromatic N) is 1. The molecule has 13 heteroatoms. The van der Waals surface area contributed by atoms with Gasteiger partial charge >= 0.3 is 35.2 Å². The van der Waals surface area contributed by atoms with Crippen LogP contribution in [0.3, 0.4) is 0 Å². The van der Waals surface area contributed by atoms with E-state index in [-0.39, 0.29) is 29.6 Å². The molecule has 1 aliphatic heterocycles. The SMILES string of the molecule is O=c1ccn(C2OC(CO)C(OP(=O)([O-])[O-])C2O)c(=O)[nH]1.[Na+]. The van der Waals surface area contributed by atoms with E-state index in [1.165, 1.54) is 0 Å². The van der Waals surface area contributed by atoms with Crippen LogP contribution >= 0.6 is 7.82 Å². The molecule has 1 aromatic rings. The normalized spacial score (nSPS) is 28.4. The molecule has 1 aliphatic rings. The Morgan fingerprint density at radius 3 is 2.59 bits per heavy atom. The summed E-state index contributed by atoms with van der Waals surface area (Å²) in [5, 5.41) is 19.0. The van der Waals surface area contributed by atoms with Crippen molar-refractivity contribution in [2.75, 3.05) is 6.61 Å². The molecule has 0 aliphatic carbocycles. The Labute approximate surface area is 145 Å². The zero-order valence-corrected chi connectivity index (χ0v) is 14.2. The number of aromatic nitrogens is 2. The van der Waals surface area contributed by atoms with Crippen molar-refractivity contribution in [3.05, 3.63) is 33.1 Å². The monoisotopic (exact) mass is 345 g/mol. The summed E-state index contributed by atoms with van der Waals surface area (Å²) >= 11 is 0. The number of aromatic amines is 1. The number of nitrogens with one attached hydrogen (secondary N) is 1. The van der Waals surface area contributed by atoms with Crippen LogP contribution in [0.4, 0.5) is 0 Å². The van der Waals surface area contributed by atoms with Gasteiger partial charge in [-0.3, -0.25) is 14.3 Å². The first-order valence-corrected chi connectivity index (χ1v) is 7.15. The quantitative estimate of drug-likeness (QED) is 0.353. The topological polar surface area (TPSA) is 177 Å². The molecule has 11 nitrogen and oxygen atoms in total. The molecule has 3 N–H and O–H groups in total. The Morgan fingerprint density at radius 1 is 1.45 bits per heavy atom. The molecule has 118 valence electrons. The Bertz CT molecular complexity index is 670. The van der Waals surface area contributed by atoms with Crippen molar-refractivity contribution in [3.8, 4) is 0 Å². The van der Waals surface area contributed by atoms with Crippen LogP contribution in [0.5, 0.6) is 0 Å². The van der Waals surface area contributed by atoms with Gasteiger partial charge in [-0.05, 0) is 0 Å². The van der Waals surface area contributed by atoms with Gasteiger partial charge < -0.3 is 33.8 Å². The first kappa shape index (κ1) is 19.7. The molecule has 0 spiro atoms. The molecule has 0 radical (unpaired) electrons. The van der Waals surface area contributed by atoms with Gasteiger partial charge in [0.2, 0.25) is 0 Å². The molecule has 2 rings (SSSR count). The fraction of sp³-hybridized carbons (Fsp3) is 0.556. The third-order valence-electron chi connectivity index (χ3n) is 2.87. The molecule has 1 fully saturated rings. The number of ether oxygens (including phenoxy) is 1. The Morgan fingerprint density at radius 2 is 2.09 bits per heavy atom. The van der Waals surface area contributed by atoms with Crippen LogP contribution in [0.2, 0.25) is 0 Å². The first-order chi connectivity index (χ1) is 9.73. The van der Waals surface area contributed by atoms with Gasteiger partial charge in [0.1, 0.15) is 18.3 Å². The zero-order valence-electron chi connectivity index (χ0n) is 11.3. The molecule has 0 amide bonds. The van der Waals surface area contributed by atoms with Crippen molar-refractivity contribution in [2.45, 2.75) is 24.5 Å². The number of phosphoric ester groups is 1. The van der Waals surface area contributed by atoms with Crippen LogP contribution in [0, 0.1) is 0 Å². The van der Waals surface area contributed by atoms with Gasteiger partial charge in [0.15, 0.2) is 6.23 Å². The van der Waals surface area contributed by atoms with Crippen LogP contribution in [0.25, 0.3) is 0 Å². The van der Waals surface area contributed by atoms with Crippen LogP contribution in [0.1, 0.15) is 6.23 Å². The van der Waals surface area contributed by atoms with Gasteiger partial charge in [-0.15, -0.1) is 0 Å². The molecular weight excluding hydrogens is 334 g/mol. The molecule has 2 heterocycles. The van der Waals surface area contributed by atoms with E-state index in [2.05, 4.69) is 4.52 Å². The summed E-state index contributed by atoms with van der Waals surface area (Å²) in [5.74, 6) is 0. The molecular formula is C9H11N2NaO9P-. The van der Waals surface area contributed by atoms with E-state index in [0.29, 0.717) is 0 Å². The van der Waals surface area contributed by atoms with Gasteiger partial charge in [-0.25, -0.2) is 4.79 Å². The largest absolute Gasteiger partial charge is 1.00 e. The fourth-order valence-electron chi connectivity index (χ4n) is 2.00. The number of aliphatic hydroxyl groups is 2. The number of rotatable bonds is 4. The first-order valence-electron chi connectivity index (χ1n) is 5.69. The van der Waals surface area contributed by atoms with Crippen molar-refractivity contribution in [2.24, 2.45) is 0 Å². The molecule has 1 saturated heterocycles. The molecule has 0 saturated carbocycles. The average molecular weight is 345 g/mol. The number of hydrogen-bond acceptors (Lipinski definition) is 9. The van der Waals surface area contributed by atoms with Gasteiger partial charge in [-0.2, -0.15) is 0 Å². The number of aliphatic hydroxyl groups excluding tert-OH is 2. The maximum absolute atomic E-state index is 11.6. The van der Waals surface area contributed by atoms with Gasteiger partial charge in [0.05, 0.1) is 14.4 Å². The molecule has 0 bridgehead atoms. The van der Waals surface area contributed by atoms with Crippen molar-refractivity contribution >= 4 is 7.82 Å². The minimum atomic E-state index is -5.44. The van der Waals surface area contributed by atoms with Crippen LogP contribution in [-0.4, -0.2) is 44.7 Å². The summed E-state index contributed by atoms with van der Waals surface area (Å²) in [6.45, 7) is -0.754. The number of H-pyrrole nitrogens is 1. The maximum Gasteiger partial charge on any atom is 1.00 e. The van der Waals surface area contributed by atoms with Crippen molar-refractivity contribution in [3.63, 3.8) is 0 Å². The second-order valence-corrected chi connectivity index (χ2v) is 5.38. The summed E-state index contributed by atoms with van der Waals surface area (Å²) in [4.78, 5) is 45.7. The van der Waals surface area contributed by atoms with E-state index in [4.69, 9.17) is 9.84 Å². The molecule has 0 aromatic carbocycles. The Balaban J connectivity index is 0.00000242. The van der Waals surface area contributed by atoms with E-state index in [1.807, 2.05) is 4.98 Å². The minimum Gasteiger partial charge on any atom is -0.790 e. The van der Waals surface area contributed by atoms with Crippen LogP contribution in [0.15, 0.2) is 21.9 Å². The molecule has 4 atom stereocenters. The maximum atomic E-state index is 11.6. The summed E-state index contributed by atoms with van der Waals surface area (Å²) in [5.41, 5.74) is -1.60.